The highest BCUT2D eigenvalue weighted by Crippen LogP contribution is 2.20. The van der Waals surface area contributed by atoms with Crippen LogP contribution in [0.1, 0.15) is 17.5 Å². The number of rotatable bonds is 3. The molecule has 0 aromatic carbocycles. The molecule has 0 saturated carbocycles. The third-order valence-electron chi connectivity index (χ3n) is 1.50. The van der Waals surface area contributed by atoms with E-state index in [0.29, 0.717) is 11.7 Å². The van der Waals surface area contributed by atoms with Gasteiger partial charge in [-0.2, -0.15) is 0 Å². The second-order valence-corrected chi connectivity index (χ2v) is 3.43. The summed E-state index contributed by atoms with van der Waals surface area (Å²) >= 11 is 1.57. The molecule has 0 fully saturated rings. The van der Waals surface area contributed by atoms with Crippen molar-refractivity contribution >= 4 is 16.5 Å². The van der Waals surface area contributed by atoms with Crippen LogP contribution in [0.4, 0.5) is 5.13 Å². The molecule has 0 aliphatic heterocycles. The van der Waals surface area contributed by atoms with Crippen LogP contribution < -0.4 is 11.5 Å². The molecule has 1 heterocycles. The van der Waals surface area contributed by atoms with Crippen molar-refractivity contribution < 1.29 is 0 Å². The van der Waals surface area contributed by atoms with Gasteiger partial charge in [0.1, 0.15) is 0 Å². The van der Waals surface area contributed by atoms with Crippen molar-refractivity contribution in [1.29, 1.82) is 0 Å². The summed E-state index contributed by atoms with van der Waals surface area (Å²) < 4.78 is 0. The average Bonchev–Trinajstić information content (AvgIpc) is 2.32. The van der Waals surface area contributed by atoms with Crippen LogP contribution in [0.5, 0.6) is 0 Å². The molecule has 0 aliphatic carbocycles. The van der Waals surface area contributed by atoms with E-state index in [0.717, 1.165) is 18.5 Å². The van der Waals surface area contributed by atoms with Crippen LogP contribution in [0.2, 0.25) is 0 Å². The van der Waals surface area contributed by atoms with Gasteiger partial charge in [-0.15, -0.1) is 11.3 Å². The lowest BCUT2D eigenvalue weighted by Gasteiger charge is -1.94. The molecule has 0 bridgehead atoms. The lowest BCUT2D eigenvalue weighted by molar-refractivity contribution is 0.915. The summed E-state index contributed by atoms with van der Waals surface area (Å²) in [6.45, 7) is 2.75. The number of anilines is 1. The summed E-state index contributed by atoms with van der Waals surface area (Å²) in [5, 5.41) is 0.658. The van der Waals surface area contributed by atoms with Crippen molar-refractivity contribution in [2.75, 3.05) is 12.3 Å². The smallest absolute Gasteiger partial charge is 0.180 e. The first kappa shape index (κ1) is 8.49. The maximum atomic E-state index is 5.55. The molecule has 62 valence electrons. The number of thiazole rings is 1. The highest BCUT2D eigenvalue weighted by Gasteiger charge is 2.05. The van der Waals surface area contributed by atoms with E-state index in [1.54, 1.807) is 11.3 Å². The molecule has 1 aromatic rings. The van der Waals surface area contributed by atoms with Crippen molar-refractivity contribution in [2.45, 2.75) is 19.8 Å². The maximum Gasteiger partial charge on any atom is 0.180 e. The molecular formula is C7H13N3S. The zero-order chi connectivity index (χ0) is 8.27. The largest absolute Gasteiger partial charge is 0.375 e. The molecule has 0 saturated heterocycles. The first-order valence-electron chi connectivity index (χ1n) is 3.72. The fourth-order valence-corrected chi connectivity index (χ4v) is 1.83. The predicted molar refractivity (Wildman–Crippen MR) is 48.7 cm³/mol. The summed E-state index contributed by atoms with van der Waals surface area (Å²) in [6.07, 6.45) is 1.85. The third kappa shape index (κ3) is 1.91. The van der Waals surface area contributed by atoms with E-state index in [1.807, 2.05) is 0 Å². The monoisotopic (exact) mass is 171 g/mol. The highest BCUT2D eigenvalue weighted by atomic mass is 32.1. The van der Waals surface area contributed by atoms with Gasteiger partial charge in [-0.05, 0) is 13.0 Å². The van der Waals surface area contributed by atoms with Gasteiger partial charge in [-0.3, -0.25) is 0 Å². The first-order chi connectivity index (χ1) is 5.27. The van der Waals surface area contributed by atoms with Crippen LogP contribution in [0, 0.1) is 0 Å². The SMILES string of the molecule is CCc1sc(N)nc1CCN. The summed E-state index contributed by atoms with van der Waals surface area (Å²) in [7, 11) is 0. The van der Waals surface area contributed by atoms with Gasteiger partial charge in [0.25, 0.3) is 0 Å². The lowest BCUT2D eigenvalue weighted by Crippen LogP contribution is -2.04. The van der Waals surface area contributed by atoms with Gasteiger partial charge in [-0.1, -0.05) is 6.92 Å². The average molecular weight is 171 g/mol. The minimum absolute atomic E-state index is 0.649. The Kier molecular flexibility index (Phi) is 2.84. The summed E-state index contributed by atoms with van der Waals surface area (Å²) in [6, 6.07) is 0. The van der Waals surface area contributed by atoms with Gasteiger partial charge in [0.15, 0.2) is 5.13 Å². The summed E-state index contributed by atoms with van der Waals surface area (Å²) in [4.78, 5) is 5.46. The topological polar surface area (TPSA) is 64.9 Å². The fraction of sp³-hybridized carbons (Fsp3) is 0.571. The quantitative estimate of drug-likeness (QED) is 0.706. The number of aryl methyl sites for hydroxylation is 1. The number of nitrogen functional groups attached to an aromatic ring is 1. The Balaban J connectivity index is 2.83. The van der Waals surface area contributed by atoms with Crippen molar-refractivity contribution in [3.8, 4) is 0 Å². The number of nitrogens with zero attached hydrogens (tertiary/aromatic N) is 1. The van der Waals surface area contributed by atoms with Gasteiger partial charge in [0, 0.05) is 11.3 Å². The first-order valence-corrected chi connectivity index (χ1v) is 4.53. The van der Waals surface area contributed by atoms with Gasteiger partial charge in [-0.25, -0.2) is 4.98 Å². The Morgan fingerprint density at radius 2 is 2.27 bits per heavy atom. The second kappa shape index (κ2) is 3.69. The standard InChI is InChI=1S/C7H13N3S/c1-2-6-5(3-4-8)10-7(9)11-6/h2-4,8H2,1H3,(H2,9,10). The fourth-order valence-electron chi connectivity index (χ4n) is 1.01. The van der Waals surface area contributed by atoms with Crippen LogP contribution in [0.25, 0.3) is 0 Å². The van der Waals surface area contributed by atoms with Crippen molar-refractivity contribution in [2.24, 2.45) is 5.73 Å². The highest BCUT2D eigenvalue weighted by molar-refractivity contribution is 7.15. The molecule has 4 heteroatoms. The van der Waals surface area contributed by atoms with Crippen LogP contribution in [-0.2, 0) is 12.8 Å². The maximum absolute atomic E-state index is 5.55. The minimum atomic E-state index is 0.649. The van der Waals surface area contributed by atoms with E-state index < -0.39 is 0 Å². The molecule has 1 aromatic heterocycles. The third-order valence-corrected chi connectivity index (χ3v) is 2.57. The second-order valence-electron chi connectivity index (χ2n) is 2.31. The Labute approximate surface area is 70.4 Å². The molecular weight excluding hydrogens is 158 g/mol. The lowest BCUT2D eigenvalue weighted by atomic mass is 10.2. The molecule has 3 nitrogen and oxygen atoms in total. The van der Waals surface area contributed by atoms with Crippen molar-refractivity contribution in [3.63, 3.8) is 0 Å². The van der Waals surface area contributed by atoms with Gasteiger partial charge in [0.05, 0.1) is 5.69 Å². The number of hydrogen-bond donors (Lipinski definition) is 2. The van der Waals surface area contributed by atoms with Crippen LogP contribution in [-0.4, -0.2) is 11.5 Å². The molecule has 0 atom stereocenters. The van der Waals surface area contributed by atoms with Gasteiger partial charge >= 0.3 is 0 Å². The zero-order valence-corrected chi connectivity index (χ0v) is 7.45. The normalized spacial score (nSPS) is 10.4. The Morgan fingerprint density at radius 3 is 2.82 bits per heavy atom. The van der Waals surface area contributed by atoms with E-state index in [2.05, 4.69) is 11.9 Å². The Bertz CT molecular complexity index is 232. The number of nitrogens with two attached hydrogens (primary N) is 2. The predicted octanol–water partition coefficient (Wildman–Crippen LogP) is 0.789. The molecule has 0 unspecified atom stereocenters. The molecule has 11 heavy (non-hydrogen) atoms. The summed E-state index contributed by atoms with van der Waals surface area (Å²) in [5.74, 6) is 0. The Hall–Kier alpha value is -0.610. The van der Waals surface area contributed by atoms with E-state index in [1.165, 1.54) is 4.88 Å². The number of hydrogen-bond acceptors (Lipinski definition) is 4. The molecule has 1 rings (SSSR count). The molecule has 0 spiro atoms. The van der Waals surface area contributed by atoms with E-state index in [4.69, 9.17) is 11.5 Å². The summed E-state index contributed by atoms with van der Waals surface area (Å²) in [5.41, 5.74) is 12.1. The van der Waals surface area contributed by atoms with E-state index in [-0.39, 0.29) is 0 Å². The molecule has 0 amide bonds. The van der Waals surface area contributed by atoms with Crippen molar-refractivity contribution in [3.05, 3.63) is 10.6 Å². The molecule has 4 N–H and O–H groups in total. The van der Waals surface area contributed by atoms with Crippen LogP contribution in [0.3, 0.4) is 0 Å². The van der Waals surface area contributed by atoms with Crippen LogP contribution in [0.15, 0.2) is 0 Å². The molecule has 0 radical (unpaired) electrons. The number of aromatic nitrogens is 1. The Morgan fingerprint density at radius 1 is 1.55 bits per heavy atom. The van der Waals surface area contributed by atoms with E-state index in [9.17, 15) is 0 Å². The van der Waals surface area contributed by atoms with E-state index >= 15 is 0 Å². The van der Waals surface area contributed by atoms with Crippen LogP contribution >= 0.6 is 11.3 Å². The van der Waals surface area contributed by atoms with Gasteiger partial charge in [0.2, 0.25) is 0 Å². The van der Waals surface area contributed by atoms with Gasteiger partial charge < -0.3 is 11.5 Å². The zero-order valence-electron chi connectivity index (χ0n) is 6.63. The van der Waals surface area contributed by atoms with Crippen molar-refractivity contribution in [1.82, 2.24) is 4.98 Å². The molecule has 0 aliphatic rings. The minimum Gasteiger partial charge on any atom is -0.375 e.